The Bertz CT molecular complexity index is 1060. The van der Waals surface area contributed by atoms with Crippen LogP contribution in [-0.4, -0.2) is 56.8 Å². The van der Waals surface area contributed by atoms with Crippen LogP contribution in [0.2, 0.25) is 0 Å². The molecule has 37 heavy (non-hydrogen) atoms. The van der Waals surface area contributed by atoms with Gasteiger partial charge in [-0.25, -0.2) is 0 Å². The molecule has 1 aliphatic carbocycles. The predicted molar refractivity (Wildman–Crippen MR) is 147 cm³/mol. The van der Waals surface area contributed by atoms with Gasteiger partial charge in [-0.2, -0.15) is 0 Å². The number of rotatable bonds is 9. The molecule has 0 heterocycles. The van der Waals surface area contributed by atoms with Crippen LogP contribution in [0, 0.1) is 38.5 Å². The average molecular weight is 523 g/mol. The molecule has 0 bridgehead atoms. The maximum absolute atomic E-state index is 12.4. The van der Waals surface area contributed by atoms with Gasteiger partial charge in [-0.3, -0.25) is 14.4 Å². The van der Waals surface area contributed by atoms with Crippen LogP contribution < -0.4 is 0 Å². The molecule has 7 N–H and O–H groups in total. The van der Waals surface area contributed by atoms with Gasteiger partial charge in [0.15, 0.2) is 5.78 Å². The lowest BCUT2D eigenvalue weighted by Crippen LogP contribution is -2.32. The summed E-state index contributed by atoms with van der Waals surface area (Å²) in [7, 11) is 0. The fourth-order valence-corrected chi connectivity index (χ4v) is 4.85. The molecule has 210 valence electrons. The first kappa shape index (κ1) is 34.1. The number of aromatic hydroxyl groups is 1. The fourth-order valence-electron chi connectivity index (χ4n) is 4.85. The maximum Gasteiger partial charge on any atom is 0.167 e. The Kier molecular flexibility index (Phi) is 14.8. The molecule has 0 aromatic heterocycles. The lowest BCUT2D eigenvalue weighted by Gasteiger charge is -2.30. The maximum atomic E-state index is 12.4. The molecule has 3 unspecified atom stereocenters. The second-order valence-corrected chi connectivity index (χ2v) is 9.74. The van der Waals surface area contributed by atoms with Crippen molar-refractivity contribution in [1.82, 2.24) is 0 Å². The molecule has 0 saturated carbocycles. The van der Waals surface area contributed by atoms with Crippen LogP contribution in [0.15, 0.2) is 36.4 Å². The number of Topliss-reactive ketones (excluding diaryl/α,β-unsaturated/α-hetero) is 3. The second-order valence-electron chi connectivity index (χ2n) is 9.74. The van der Waals surface area contributed by atoms with E-state index in [0.29, 0.717) is 24.8 Å². The number of aliphatic hydroxyl groups excluding tert-OH is 2. The van der Waals surface area contributed by atoms with Crippen LogP contribution in [0.25, 0.3) is 0 Å². The van der Waals surface area contributed by atoms with E-state index in [0.717, 1.165) is 5.56 Å². The third-order valence-electron chi connectivity index (χ3n) is 6.79. The molecule has 1 aliphatic rings. The minimum absolute atomic E-state index is 0. The van der Waals surface area contributed by atoms with E-state index in [4.69, 9.17) is 0 Å². The van der Waals surface area contributed by atoms with Gasteiger partial charge >= 0.3 is 0 Å². The van der Waals surface area contributed by atoms with Crippen LogP contribution in [0.4, 0.5) is 0 Å². The van der Waals surface area contributed by atoms with Crippen molar-refractivity contribution in [1.29, 1.82) is 0 Å². The van der Waals surface area contributed by atoms with Crippen molar-refractivity contribution in [3.63, 3.8) is 0 Å². The van der Waals surface area contributed by atoms with Crippen molar-refractivity contribution in [2.24, 2.45) is 17.8 Å². The standard InChI is InChI=1S/C20H26O6.C9H12.2H2O.2H2/c1-12(23)7-18(25)16(11-22)14(5-6-21)8-13-9-15-3-2-4-17(24)20(15)19(26)10-13;1-7-4-5-8(2)9(3)6-7;;;;/h2-4,13-14,16,21-22,24H,5-11H2,1H3;4-6H,1-3H3;2*1H2;2*1H. The number of ketones is 3. The summed E-state index contributed by atoms with van der Waals surface area (Å²) in [6.45, 7) is 7.21. The summed E-state index contributed by atoms with van der Waals surface area (Å²) < 4.78 is 0. The van der Waals surface area contributed by atoms with E-state index >= 15 is 0 Å². The highest BCUT2D eigenvalue weighted by Gasteiger charge is 2.33. The van der Waals surface area contributed by atoms with Crippen LogP contribution >= 0.6 is 0 Å². The van der Waals surface area contributed by atoms with Gasteiger partial charge in [0.05, 0.1) is 18.6 Å². The van der Waals surface area contributed by atoms with Gasteiger partial charge in [0.1, 0.15) is 17.3 Å². The minimum atomic E-state index is -0.716. The molecule has 2 aromatic carbocycles. The van der Waals surface area contributed by atoms with Crippen LogP contribution in [0.5, 0.6) is 5.75 Å². The van der Waals surface area contributed by atoms with Gasteiger partial charge in [-0.1, -0.05) is 35.9 Å². The number of carbonyl (C=O) groups is 3. The fraction of sp³-hybridized carbons (Fsp3) is 0.483. The Morgan fingerprint density at radius 2 is 1.70 bits per heavy atom. The first-order valence-electron chi connectivity index (χ1n) is 12.2. The first-order valence-corrected chi connectivity index (χ1v) is 12.2. The Balaban J connectivity index is -0.000000856. The van der Waals surface area contributed by atoms with Crippen LogP contribution in [0.3, 0.4) is 0 Å². The smallest absolute Gasteiger partial charge is 0.167 e. The van der Waals surface area contributed by atoms with Crippen molar-refractivity contribution >= 4 is 17.3 Å². The normalized spacial score (nSPS) is 15.6. The van der Waals surface area contributed by atoms with Crippen molar-refractivity contribution < 1.29 is 43.5 Å². The summed E-state index contributed by atoms with van der Waals surface area (Å²) in [6.07, 6.45) is 1.44. The zero-order valence-corrected chi connectivity index (χ0v) is 22.2. The van der Waals surface area contributed by atoms with Crippen LogP contribution in [-0.2, 0) is 16.0 Å². The lowest BCUT2D eigenvalue weighted by atomic mass is 9.73. The minimum Gasteiger partial charge on any atom is -0.507 e. The molecule has 8 heteroatoms. The summed E-state index contributed by atoms with van der Waals surface area (Å²) in [6, 6.07) is 11.5. The average Bonchev–Trinajstić information content (AvgIpc) is 2.77. The van der Waals surface area contributed by atoms with Crippen molar-refractivity contribution in [2.45, 2.75) is 59.8 Å². The van der Waals surface area contributed by atoms with Gasteiger partial charge in [-0.05, 0) is 81.5 Å². The molecular weight excluding hydrogens is 476 g/mol. The van der Waals surface area contributed by atoms with E-state index in [1.807, 2.05) is 6.07 Å². The van der Waals surface area contributed by atoms with Gasteiger partial charge < -0.3 is 26.3 Å². The number of phenols is 1. The van der Waals surface area contributed by atoms with E-state index in [-0.39, 0.29) is 74.8 Å². The highest BCUT2D eigenvalue weighted by molar-refractivity contribution is 6.01. The zero-order valence-electron chi connectivity index (χ0n) is 22.2. The summed E-state index contributed by atoms with van der Waals surface area (Å²) in [5, 5.41) is 28.9. The summed E-state index contributed by atoms with van der Waals surface area (Å²) in [5.74, 6) is -1.77. The summed E-state index contributed by atoms with van der Waals surface area (Å²) >= 11 is 0. The van der Waals surface area contributed by atoms with Crippen molar-refractivity contribution in [3.05, 3.63) is 64.2 Å². The molecule has 2 aromatic rings. The molecular formula is C29H46O8. The van der Waals surface area contributed by atoms with Gasteiger partial charge in [0.2, 0.25) is 0 Å². The van der Waals surface area contributed by atoms with E-state index in [1.165, 1.54) is 29.7 Å². The molecule has 0 radical (unpaired) electrons. The van der Waals surface area contributed by atoms with E-state index < -0.39 is 5.92 Å². The van der Waals surface area contributed by atoms with Crippen molar-refractivity contribution in [3.8, 4) is 5.75 Å². The van der Waals surface area contributed by atoms with E-state index in [2.05, 4.69) is 39.0 Å². The number of phenolic OH excluding ortho intramolecular Hbond substituents is 1. The number of aryl methyl sites for hydroxylation is 3. The molecule has 3 atom stereocenters. The number of fused-ring (bicyclic) bond motifs is 1. The quantitative estimate of drug-likeness (QED) is 0.426. The molecule has 0 spiro atoms. The Morgan fingerprint density at radius 3 is 2.24 bits per heavy atom. The Labute approximate surface area is 221 Å². The Hall–Kier alpha value is -2.91. The summed E-state index contributed by atoms with van der Waals surface area (Å²) in [4.78, 5) is 35.9. The zero-order chi connectivity index (χ0) is 26.1. The highest BCUT2D eigenvalue weighted by Crippen LogP contribution is 2.36. The number of hydrogen-bond acceptors (Lipinski definition) is 6. The van der Waals surface area contributed by atoms with E-state index in [1.54, 1.807) is 6.07 Å². The van der Waals surface area contributed by atoms with Crippen LogP contribution in [0.1, 0.15) is 68.1 Å². The first-order chi connectivity index (χ1) is 16.6. The predicted octanol–water partition coefficient (Wildman–Crippen LogP) is 3.14. The van der Waals surface area contributed by atoms with E-state index in [9.17, 15) is 29.7 Å². The number of benzene rings is 2. The summed E-state index contributed by atoms with van der Waals surface area (Å²) in [5.41, 5.74) is 5.26. The molecule has 0 saturated heterocycles. The topological polar surface area (TPSA) is 175 Å². The van der Waals surface area contributed by atoms with Crippen molar-refractivity contribution in [2.75, 3.05) is 13.2 Å². The third-order valence-corrected chi connectivity index (χ3v) is 6.79. The third kappa shape index (κ3) is 9.81. The molecule has 0 amide bonds. The monoisotopic (exact) mass is 522 g/mol. The van der Waals surface area contributed by atoms with Gasteiger partial charge in [-0.15, -0.1) is 0 Å². The van der Waals surface area contributed by atoms with Gasteiger partial charge in [0.25, 0.3) is 0 Å². The number of aliphatic hydroxyl groups is 2. The molecule has 0 aliphatic heterocycles. The largest absolute Gasteiger partial charge is 0.507 e. The number of carbonyl (C=O) groups excluding carboxylic acids is 3. The molecule has 8 nitrogen and oxygen atoms in total. The Morgan fingerprint density at radius 1 is 1.03 bits per heavy atom. The van der Waals surface area contributed by atoms with Gasteiger partial charge in [0, 0.05) is 21.8 Å². The lowest BCUT2D eigenvalue weighted by molar-refractivity contribution is -0.131. The SMILES string of the molecule is CC(=O)CC(=O)C(CO)C(CCO)CC1CC(=O)c2c(O)cccc2C1.Cc1ccc(C)c(C)c1.O.O.[HH].[HH]. The molecule has 3 rings (SSSR count). The number of hydrogen-bond donors (Lipinski definition) is 3. The molecule has 0 fully saturated rings. The highest BCUT2D eigenvalue weighted by atomic mass is 16.3. The second kappa shape index (κ2) is 16.0.